The molecule has 0 saturated heterocycles. The average Bonchev–Trinajstić information content (AvgIpc) is 2.63. The fraction of sp³-hybridized carbons (Fsp3) is 0.467. The highest BCUT2D eigenvalue weighted by Gasteiger charge is 2.23. The van der Waals surface area contributed by atoms with E-state index in [0.29, 0.717) is 12.0 Å². The van der Waals surface area contributed by atoms with Crippen molar-refractivity contribution in [1.29, 1.82) is 0 Å². The summed E-state index contributed by atoms with van der Waals surface area (Å²) in [5.41, 5.74) is 0.902. The number of hydrogen-bond donors (Lipinski definition) is 1. The van der Waals surface area contributed by atoms with Crippen LogP contribution in [0, 0.1) is 18.6 Å². The highest BCUT2D eigenvalue weighted by Crippen LogP contribution is 2.32. The summed E-state index contributed by atoms with van der Waals surface area (Å²) in [7, 11) is 0. The largest absolute Gasteiger partial charge is 0.384 e. The van der Waals surface area contributed by atoms with Gasteiger partial charge in [-0.2, -0.15) is 0 Å². The molecule has 0 saturated carbocycles. The third-order valence-corrected chi connectivity index (χ3v) is 3.52. The van der Waals surface area contributed by atoms with Gasteiger partial charge in [-0.05, 0) is 49.8 Å². The maximum Gasteiger partial charge on any atom is 0.135 e. The Kier molecular flexibility index (Phi) is 4.12. The summed E-state index contributed by atoms with van der Waals surface area (Å²) in [5, 5.41) is 10.2. The van der Waals surface area contributed by atoms with E-state index in [-0.39, 0.29) is 5.56 Å². The molecule has 0 bridgehead atoms. The molecule has 0 spiro atoms. The summed E-state index contributed by atoms with van der Waals surface area (Å²) in [6.45, 7) is 1.58. The first-order valence-corrected chi connectivity index (χ1v) is 6.42. The molecular weight excluding hydrogens is 234 g/mol. The molecule has 1 atom stereocenters. The van der Waals surface area contributed by atoms with E-state index < -0.39 is 17.7 Å². The van der Waals surface area contributed by atoms with E-state index in [9.17, 15) is 13.9 Å². The molecule has 0 heterocycles. The second-order valence-electron chi connectivity index (χ2n) is 4.87. The second-order valence-corrected chi connectivity index (χ2v) is 4.87. The van der Waals surface area contributed by atoms with Crippen LogP contribution in [0.15, 0.2) is 23.8 Å². The average molecular weight is 252 g/mol. The van der Waals surface area contributed by atoms with Crippen LogP contribution in [-0.4, -0.2) is 5.11 Å². The highest BCUT2D eigenvalue weighted by atomic mass is 19.1. The summed E-state index contributed by atoms with van der Waals surface area (Å²) < 4.78 is 27.7. The predicted molar refractivity (Wildman–Crippen MR) is 67.2 cm³/mol. The Labute approximate surface area is 106 Å². The molecule has 0 fully saturated rings. The molecule has 1 aromatic rings. The third-order valence-electron chi connectivity index (χ3n) is 3.52. The van der Waals surface area contributed by atoms with E-state index in [2.05, 4.69) is 0 Å². The molecule has 98 valence electrons. The zero-order chi connectivity index (χ0) is 13.1. The van der Waals surface area contributed by atoms with Gasteiger partial charge in [-0.3, -0.25) is 0 Å². The SMILES string of the molecule is Cc1ccc(F)c(C(O)C2=CCCCCC2)c1F. The van der Waals surface area contributed by atoms with Gasteiger partial charge in [-0.1, -0.05) is 18.6 Å². The number of allylic oxidation sites excluding steroid dienone is 1. The van der Waals surface area contributed by atoms with Crippen LogP contribution in [0.4, 0.5) is 8.78 Å². The van der Waals surface area contributed by atoms with Gasteiger partial charge in [-0.15, -0.1) is 0 Å². The molecule has 1 aliphatic rings. The molecule has 0 amide bonds. The van der Waals surface area contributed by atoms with Crippen molar-refractivity contribution in [2.75, 3.05) is 0 Å². The lowest BCUT2D eigenvalue weighted by Crippen LogP contribution is -2.08. The van der Waals surface area contributed by atoms with E-state index in [4.69, 9.17) is 0 Å². The van der Waals surface area contributed by atoms with Gasteiger partial charge >= 0.3 is 0 Å². The van der Waals surface area contributed by atoms with E-state index >= 15 is 0 Å². The lowest BCUT2D eigenvalue weighted by molar-refractivity contribution is 0.199. The first kappa shape index (κ1) is 13.2. The van der Waals surface area contributed by atoms with Crippen molar-refractivity contribution in [3.8, 4) is 0 Å². The van der Waals surface area contributed by atoms with Gasteiger partial charge in [-0.25, -0.2) is 8.78 Å². The van der Waals surface area contributed by atoms with E-state index in [1.54, 1.807) is 6.92 Å². The molecule has 0 aliphatic heterocycles. The monoisotopic (exact) mass is 252 g/mol. The number of halogens is 2. The van der Waals surface area contributed by atoms with Crippen molar-refractivity contribution < 1.29 is 13.9 Å². The smallest absolute Gasteiger partial charge is 0.135 e. The maximum absolute atomic E-state index is 13.9. The van der Waals surface area contributed by atoms with Gasteiger partial charge in [0.05, 0.1) is 5.56 Å². The molecule has 1 nitrogen and oxygen atoms in total. The molecule has 1 aromatic carbocycles. The lowest BCUT2D eigenvalue weighted by atomic mass is 9.95. The number of aliphatic hydroxyl groups excluding tert-OH is 1. The molecule has 18 heavy (non-hydrogen) atoms. The van der Waals surface area contributed by atoms with Crippen LogP contribution in [0.5, 0.6) is 0 Å². The topological polar surface area (TPSA) is 20.2 Å². The van der Waals surface area contributed by atoms with E-state index in [1.165, 1.54) is 12.1 Å². The Bertz CT molecular complexity index is 466. The fourth-order valence-electron chi connectivity index (χ4n) is 2.40. The van der Waals surface area contributed by atoms with Gasteiger partial charge < -0.3 is 5.11 Å². The minimum atomic E-state index is -1.15. The molecular formula is C15H18F2O. The Morgan fingerprint density at radius 2 is 1.94 bits per heavy atom. The molecule has 3 heteroatoms. The minimum Gasteiger partial charge on any atom is -0.384 e. The van der Waals surface area contributed by atoms with Crippen molar-refractivity contribution in [1.82, 2.24) is 0 Å². The van der Waals surface area contributed by atoms with Crippen molar-refractivity contribution in [3.63, 3.8) is 0 Å². The summed E-state index contributed by atoms with van der Waals surface area (Å²) >= 11 is 0. The van der Waals surface area contributed by atoms with Crippen LogP contribution >= 0.6 is 0 Å². The molecule has 0 aromatic heterocycles. The van der Waals surface area contributed by atoms with Gasteiger partial charge in [0.25, 0.3) is 0 Å². The Morgan fingerprint density at radius 3 is 2.72 bits per heavy atom. The zero-order valence-corrected chi connectivity index (χ0v) is 10.5. The number of aliphatic hydroxyl groups is 1. The molecule has 1 unspecified atom stereocenters. The first-order valence-electron chi connectivity index (χ1n) is 6.42. The van der Waals surface area contributed by atoms with Gasteiger partial charge in [0, 0.05) is 0 Å². The van der Waals surface area contributed by atoms with Gasteiger partial charge in [0.1, 0.15) is 17.7 Å². The molecule has 0 radical (unpaired) electrons. The fourth-order valence-corrected chi connectivity index (χ4v) is 2.40. The molecule has 1 N–H and O–H groups in total. The second kappa shape index (κ2) is 5.61. The lowest BCUT2D eigenvalue weighted by Gasteiger charge is -2.17. The summed E-state index contributed by atoms with van der Waals surface area (Å²) in [6.07, 6.45) is 5.52. The van der Waals surface area contributed by atoms with Crippen LogP contribution in [0.2, 0.25) is 0 Å². The zero-order valence-electron chi connectivity index (χ0n) is 10.5. The van der Waals surface area contributed by atoms with E-state index in [1.807, 2.05) is 6.08 Å². The van der Waals surface area contributed by atoms with Crippen molar-refractivity contribution >= 4 is 0 Å². The van der Waals surface area contributed by atoms with Crippen molar-refractivity contribution in [2.24, 2.45) is 0 Å². The quantitative estimate of drug-likeness (QED) is 0.782. The minimum absolute atomic E-state index is 0.205. The van der Waals surface area contributed by atoms with Crippen LogP contribution in [0.1, 0.15) is 49.3 Å². The molecule has 1 aliphatic carbocycles. The molecule has 2 rings (SSSR count). The summed E-state index contributed by atoms with van der Waals surface area (Å²) in [5.74, 6) is -1.30. The Morgan fingerprint density at radius 1 is 1.17 bits per heavy atom. The first-order chi connectivity index (χ1) is 8.61. The summed E-state index contributed by atoms with van der Waals surface area (Å²) in [6, 6.07) is 2.61. The number of benzene rings is 1. The van der Waals surface area contributed by atoms with Crippen LogP contribution in [-0.2, 0) is 0 Å². The normalized spacial score (nSPS) is 18.1. The number of aryl methyl sites for hydroxylation is 1. The van der Waals surface area contributed by atoms with Crippen molar-refractivity contribution in [2.45, 2.75) is 45.1 Å². The Hall–Kier alpha value is -1.22. The van der Waals surface area contributed by atoms with Crippen LogP contribution in [0.3, 0.4) is 0 Å². The number of rotatable bonds is 2. The van der Waals surface area contributed by atoms with Gasteiger partial charge in [0.2, 0.25) is 0 Å². The van der Waals surface area contributed by atoms with Crippen molar-refractivity contribution in [3.05, 3.63) is 46.5 Å². The highest BCUT2D eigenvalue weighted by molar-refractivity contribution is 5.33. The maximum atomic E-state index is 13.9. The van der Waals surface area contributed by atoms with Gasteiger partial charge in [0.15, 0.2) is 0 Å². The Balaban J connectivity index is 2.36. The summed E-state index contributed by atoms with van der Waals surface area (Å²) in [4.78, 5) is 0. The number of hydrogen-bond acceptors (Lipinski definition) is 1. The third kappa shape index (κ3) is 2.61. The predicted octanol–water partition coefficient (Wildman–Crippen LogP) is 4.20. The van der Waals surface area contributed by atoms with Crippen LogP contribution in [0.25, 0.3) is 0 Å². The standard InChI is InChI=1S/C15H18F2O/c1-10-8-9-12(16)13(14(10)17)15(18)11-6-4-2-3-5-7-11/h6,8-9,15,18H,2-5,7H2,1H3. The van der Waals surface area contributed by atoms with E-state index in [0.717, 1.165) is 31.3 Å². The van der Waals surface area contributed by atoms with Crippen LogP contribution < -0.4 is 0 Å².